The van der Waals surface area contributed by atoms with Crippen LogP contribution < -0.4 is 5.32 Å². The fraction of sp³-hybridized carbons (Fsp3) is 0.417. The van der Waals surface area contributed by atoms with Gasteiger partial charge in [0.25, 0.3) is 0 Å². The van der Waals surface area contributed by atoms with Crippen LogP contribution in [0.25, 0.3) is 11.1 Å². The maximum absolute atomic E-state index is 12.4. The third-order valence-electron chi connectivity index (χ3n) is 5.51. The molecule has 0 aromatic heterocycles. The predicted octanol–water partition coefficient (Wildman–Crippen LogP) is 4.53. The Bertz CT molecular complexity index is 905. The van der Waals surface area contributed by atoms with Gasteiger partial charge in [0.1, 0.15) is 12.2 Å². The Labute approximate surface area is 177 Å². The minimum absolute atomic E-state index is 0.0324. The number of amides is 2. The zero-order valence-electron chi connectivity index (χ0n) is 17.7. The fourth-order valence-corrected chi connectivity index (χ4v) is 4.18. The molecular weight excluding hydrogens is 380 g/mol. The van der Waals surface area contributed by atoms with E-state index in [1.165, 1.54) is 22.3 Å². The summed E-state index contributed by atoms with van der Waals surface area (Å²) in [6.07, 6.45) is -0.115. The maximum Gasteiger partial charge on any atom is 0.410 e. The van der Waals surface area contributed by atoms with E-state index < -0.39 is 11.7 Å². The molecule has 1 aliphatic carbocycles. The number of nitrogens with zero attached hydrogens (tertiary/aromatic N) is 1. The van der Waals surface area contributed by atoms with Crippen LogP contribution >= 0.6 is 0 Å². The second kappa shape index (κ2) is 8.01. The number of carbonyl (C=O) groups is 2. The molecule has 2 amide bonds. The third kappa shape index (κ3) is 4.27. The lowest BCUT2D eigenvalue weighted by Crippen LogP contribution is -2.40. The molecule has 1 heterocycles. The third-order valence-corrected chi connectivity index (χ3v) is 5.51. The molecule has 0 radical (unpaired) electrons. The number of fused-ring (bicyclic) bond motifs is 3. The Balaban J connectivity index is 1.32. The average Bonchev–Trinajstić information content (AvgIpc) is 3.28. The highest BCUT2D eigenvalue weighted by Gasteiger charge is 2.32. The van der Waals surface area contributed by atoms with E-state index >= 15 is 0 Å². The van der Waals surface area contributed by atoms with Crippen LogP contribution in [0.15, 0.2) is 48.5 Å². The molecule has 0 spiro atoms. The molecule has 30 heavy (non-hydrogen) atoms. The van der Waals surface area contributed by atoms with Crippen LogP contribution in [0.4, 0.5) is 9.59 Å². The first-order valence-corrected chi connectivity index (χ1v) is 10.4. The first kappa shape index (κ1) is 20.3. The van der Waals surface area contributed by atoms with Gasteiger partial charge in [0.2, 0.25) is 0 Å². The fourth-order valence-electron chi connectivity index (χ4n) is 4.18. The van der Waals surface area contributed by atoms with Gasteiger partial charge in [-0.1, -0.05) is 48.5 Å². The molecule has 1 N–H and O–H groups in total. The molecule has 0 bridgehead atoms. The summed E-state index contributed by atoms with van der Waals surface area (Å²) in [7, 11) is 0. The van der Waals surface area contributed by atoms with Crippen LogP contribution in [0.3, 0.4) is 0 Å². The first-order valence-electron chi connectivity index (χ1n) is 10.4. The van der Waals surface area contributed by atoms with Crippen molar-refractivity contribution in [1.82, 2.24) is 10.2 Å². The number of likely N-dealkylation sites (tertiary alicyclic amines) is 1. The second-order valence-electron chi connectivity index (χ2n) is 8.88. The number of ether oxygens (including phenoxy) is 2. The average molecular weight is 408 g/mol. The van der Waals surface area contributed by atoms with Crippen molar-refractivity contribution in [3.05, 3.63) is 59.7 Å². The molecule has 4 rings (SSSR count). The molecule has 2 aliphatic rings. The maximum atomic E-state index is 12.4. The van der Waals surface area contributed by atoms with Gasteiger partial charge >= 0.3 is 12.2 Å². The van der Waals surface area contributed by atoms with Gasteiger partial charge in [-0.2, -0.15) is 0 Å². The molecule has 6 nitrogen and oxygen atoms in total. The quantitative estimate of drug-likeness (QED) is 0.810. The minimum atomic E-state index is -0.532. The molecule has 1 saturated heterocycles. The summed E-state index contributed by atoms with van der Waals surface area (Å²) < 4.78 is 11.0. The number of carbonyl (C=O) groups excluding carboxylic acids is 2. The highest BCUT2D eigenvalue weighted by molar-refractivity contribution is 5.79. The molecule has 158 valence electrons. The van der Waals surface area contributed by atoms with Gasteiger partial charge in [0, 0.05) is 19.0 Å². The minimum Gasteiger partial charge on any atom is -0.449 e. The van der Waals surface area contributed by atoms with Crippen molar-refractivity contribution >= 4 is 12.2 Å². The monoisotopic (exact) mass is 408 g/mol. The molecule has 1 fully saturated rings. The molecule has 2 aromatic carbocycles. The number of nitrogens with one attached hydrogen (secondary N) is 1. The van der Waals surface area contributed by atoms with E-state index in [2.05, 4.69) is 29.6 Å². The molecular formula is C24H28N2O4. The Morgan fingerprint density at radius 3 is 2.23 bits per heavy atom. The first-order chi connectivity index (χ1) is 14.3. The molecule has 1 atom stereocenters. The summed E-state index contributed by atoms with van der Waals surface area (Å²) in [6.45, 7) is 6.79. The van der Waals surface area contributed by atoms with Crippen LogP contribution in [-0.2, 0) is 9.47 Å². The molecule has 1 aliphatic heterocycles. The molecule has 6 heteroatoms. The number of rotatable bonds is 3. The van der Waals surface area contributed by atoms with Crippen molar-refractivity contribution in [3.8, 4) is 11.1 Å². The summed E-state index contributed by atoms with van der Waals surface area (Å²) in [5.74, 6) is 0.0324. The zero-order valence-corrected chi connectivity index (χ0v) is 17.7. The van der Waals surface area contributed by atoms with E-state index in [0.29, 0.717) is 19.5 Å². The number of hydrogen-bond acceptors (Lipinski definition) is 4. The van der Waals surface area contributed by atoms with Crippen molar-refractivity contribution < 1.29 is 19.1 Å². The summed E-state index contributed by atoms with van der Waals surface area (Å²) in [5.41, 5.74) is 4.24. The largest absolute Gasteiger partial charge is 0.449 e. The van der Waals surface area contributed by atoms with Gasteiger partial charge in [-0.3, -0.25) is 0 Å². The lowest BCUT2D eigenvalue weighted by molar-refractivity contribution is 0.0290. The highest BCUT2D eigenvalue weighted by atomic mass is 16.6. The summed E-state index contributed by atoms with van der Waals surface area (Å²) >= 11 is 0. The van der Waals surface area contributed by atoms with E-state index in [9.17, 15) is 9.59 Å². The number of benzene rings is 2. The number of hydrogen-bond donors (Lipinski definition) is 1. The highest BCUT2D eigenvalue weighted by Crippen LogP contribution is 2.44. The second-order valence-corrected chi connectivity index (χ2v) is 8.88. The predicted molar refractivity (Wildman–Crippen MR) is 114 cm³/mol. The smallest absolute Gasteiger partial charge is 0.410 e. The SMILES string of the molecule is CC(C)(C)OC(=O)N1CC[C@@H](NC(=O)OCC2c3ccccc3-c3ccccc32)C1. The van der Waals surface area contributed by atoms with Crippen LogP contribution in [0, 0.1) is 0 Å². The van der Waals surface area contributed by atoms with Crippen molar-refractivity contribution in [2.24, 2.45) is 0 Å². The van der Waals surface area contributed by atoms with Crippen molar-refractivity contribution in [2.45, 2.75) is 44.8 Å². The Morgan fingerprint density at radius 2 is 1.63 bits per heavy atom. The summed E-state index contributed by atoms with van der Waals surface area (Å²) in [4.78, 5) is 26.2. The lowest BCUT2D eigenvalue weighted by atomic mass is 9.98. The van der Waals surface area contributed by atoms with E-state index in [1.807, 2.05) is 45.0 Å². The van der Waals surface area contributed by atoms with Crippen LogP contribution in [-0.4, -0.2) is 48.4 Å². The summed E-state index contributed by atoms with van der Waals surface area (Å²) in [5, 5.41) is 2.89. The molecule has 0 saturated carbocycles. The van der Waals surface area contributed by atoms with Gasteiger partial charge in [-0.15, -0.1) is 0 Å². The Kier molecular flexibility index (Phi) is 5.41. The topological polar surface area (TPSA) is 67.9 Å². The van der Waals surface area contributed by atoms with Crippen molar-refractivity contribution in [1.29, 1.82) is 0 Å². The molecule has 0 unspecified atom stereocenters. The van der Waals surface area contributed by atoms with E-state index in [-0.39, 0.29) is 24.7 Å². The van der Waals surface area contributed by atoms with Gasteiger partial charge < -0.3 is 19.7 Å². The van der Waals surface area contributed by atoms with Crippen molar-refractivity contribution in [3.63, 3.8) is 0 Å². The number of alkyl carbamates (subject to hydrolysis) is 1. The zero-order chi connectivity index (χ0) is 21.3. The summed E-state index contributed by atoms with van der Waals surface area (Å²) in [6, 6.07) is 16.4. The Hall–Kier alpha value is -3.02. The molecule has 2 aromatic rings. The standard InChI is InChI=1S/C24H28N2O4/c1-24(2,3)30-23(28)26-13-12-16(14-26)25-22(27)29-15-21-19-10-6-4-8-17(19)18-9-5-7-11-20(18)21/h4-11,16,21H,12-15H2,1-3H3,(H,25,27)/t16-/m1/s1. The van der Waals surface area contributed by atoms with Gasteiger partial charge in [-0.05, 0) is 49.4 Å². The Morgan fingerprint density at radius 1 is 1.03 bits per heavy atom. The van der Waals surface area contributed by atoms with E-state index in [1.54, 1.807) is 4.90 Å². The van der Waals surface area contributed by atoms with Gasteiger partial charge in [-0.25, -0.2) is 9.59 Å². The lowest BCUT2D eigenvalue weighted by Gasteiger charge is -2.24. The normalized spacial score (nSPS) is 18.0. The van der Waals surface area contributed by atoms with Crippen LogP contribution in [0.1, 0.15) is 44.2 Å². The van der Waals surface area contributed by atoms with E-state index in [4.69, 9.17) is 9.47 Å². The van der Waals surface area contributed by atoms with Crippen molar-refractivity contribution in [2.75, 3.05) is 19.7 Å². The van der Waals surface area contributed by atoms with Gasteiger partial charge in [0.05, 0.1) is 6.04 Å². The van der Waals surface area contributed by atoms with Crippen LogP contribution in [0.5, 0.6) is 0 Å². The van der Waals surface area contributed by atoms with Crippen LogP contribution in [0.2, 0.25) is 0 Å². The van der Waals surface area contributed by atoms with E-state index in [0.717, 1.165) is 0 Å². The van der Waals surface area contributed by atoms with Gasteiger partial charge in [0.15, 0.2) is 0 Å².